The van der Waals surface area contributed by atoms with E-state index in [1.54, 1.807) is 24.4 Å². The monoisotopic (exact) mass is 406 g/mol. The molecule has 9 nitrogen and oxygen atoms in total. The zero-order chi connectivity index (χ0) is 21.1. The maximum Gasteiger partial charge on any atom is 0.330 e. The van der Waals surface area contributed by atoms with Crippen LogP contribution in [0, 0.1) is 11.8 Å². The Labute approximate surface area is 170 Å². The maximum absolute atomic E-state index is 12.2. The largest absolute Gasteiger partial charge is 0.394 e. The van der Waals surface area contributed by atoms with Crippen molar-refractivity contribution < 1.29 is 14.9 Å². The van der Waals surface area contributed by atoms with Crippen molar-refractivity contribution in [3.05, 3.63) is 80.9 Å². The van der Waals surface area contributed by atoms with Gasteiger partial charge in [0, 0.05) is 18.8 Å². The van der Waals surface area contributed by atoms with Gasteiger partial charge >= 0.3 is 5.69 Å². The van der Waals surface area contributed by atoms with E-state index in [2.05, 4.69) is 26.8 Å². The van der Waals surface area contributed by atoms with Gasteiger partial charge < -0.3 is 14.9 Å². The van der Waals surface area contributed by atoms with Gasteiger partial charge in [-0.1, -0.05) is 18.1 Å². The quantitative estimate of drug-likeness (QED) is 0.523. The van der Waals surface area contributed by atoms with Crippen LogP contribution in [0.15, 0.2) is 58.4 Å². The number of pyridine rings is 2. The van der Waals surface area contributed by atoms with Gasteiger partial charge in [-0.05, 0) is 30.2 Å². The SMILES string of the molecule is O=c1[nH]c(=O)n([C@H]2CC(O)[C@@H](CO)O2)cc1C#Cc1cccc(-c2ccccn2)n1. The molecule has 4 rings (SSSR count). The van der Waals surface area contributed by atoms with E-state index in [0.29, 0.717) is 17.1 Å². The highest BCUT2D eigenvalue weighted by Crippen LogP contribution is 2.27. The summed E-state index contributed by atoms with van der Waals surface area (Å²) in [6.45, 7) is -0.374. The number of nitrogens with zero attached hydrogens (tertiary/aromatic N) is 3. The Hall–Kier alpha value is -3.58. The third-order valence-corrected chi connectivity index (χ3v) is 4.66. The first-order chi connectivity index (χ1) is 14.5. The maximum atomic E-state index is 12.2. The molecule has 1 aliphatic heterocycles. The lowest BCUT2D eigenvalue weighted by atomic mass is 10.2. The van der Waals surface area contributed by atoms with E-state index in [1.807, 2.05) is 18.2 Å². The van der Waals surface area contributed by atoms with Gasteiger partial charge in [-0.25, -0.2) is 9.78 Å². The van der Waals surface area contributed by atoms with Crippen LogP contribution in [0.2, 0.25) is 0 Å². The van der Waals surface area contributed by atoms with Crippen molar-refractivity contribution in [3.8, 4) is 23.2 Å². The molecule has 0 amide bonds. The fourth-order valence-electron chi connectivity index (χ4n) is 3.13. The number of hydrogen-bond acceptors (Lipinski definition) is 7. The number of hydrogen-bond donors (Lipinski definition) is 3. The topological polar surface area (TPSA) is 130 Å². The average Bonchev–Trinajstić information content (AvgIpc) is 3.14. The molecule has 0 aliphatic carbocycles. The van der Waals surface area contributed by atoms with Crippen LogP contribution in [0.1, 0.15) is 23.9 Å². The highest BCUT2D eigenvalue weighted by atomic mass is 16.5. The first-order valence-electron chi connectivity index (χ1n) is 9.25. The second-order valence-electron chi connectivity index (χ2n) is 6.70. The number of H-pyrrole nitrogens is 1. The predicted molar refractivity (Wildman–Crippen MR) is 106 cm³/mol. The van der Waals surface area contributed by atoms with E-state index in [0.717, 1.165) is 4.57 Å². The number of aromatic amines is 1. The molecule has 0 radical (unpaired) electrons. The minimum Gasteiger partial charge on any atom is -0.394 e. The summed E-state index contributed by atoms with van der Waals surface area (Å²) in [4.78, 5) is 35.2. The minimum atomic E-state index is -0.910. The van der Waals surface area contributed by atoms with Crippen molar-refractivity contribution in [2.75, 3.05) is 6.61 Å². The number of aliphatic hydroxyl groups is 2. The van der Waals surface area contributed by atoms with Crippen LogP contribution in [-0.2, 0) is 4.74 Å². The summed E-state index contributed by atoms with van der Waals surface area (Å²) in [5.74, 6) is 5.56. The highest BCUT2D eigenvalue weighted by molar-refractivity contribution is 5.55. The van der Waals surface area contributed by atoms with Gasteiger partial charge in [0.05, 0.1) is 24.1 Å². The minimum absolute atomic E-state index is 0.0465. The van der Waals surface area contributed by atoms with Crippen molar-refractivity contribution in [1.29, 1.82) is 0 Å². The van der Waals surface area contributed by atoms with E-state index in [9.17, 15) is 19.8 Å². The third-order valence-electron chi connectivity index (χ3n) is 4.66. The normalized spacial score (nSPS) is 20.5. The molecule has 1 aliphatic rings. The molecule has 4 heterocycles. The summed E-state index contributed by atoms with van der Waals surface area (Å²) in [6, 6.07) is 10.8. The van der Waals surface area contributed by atoms with Gasteiger partial charge in [0.25, 0.3) is 5.56 Å². The molecule has 0 saturated carbocycles. The van der Waals surface area contributed by atoms with E-state index < -0.39 is 29.7 Å². The van der Waals surface area contributed by atoms with Crippen LogP contribution < -0.4 is 11.2 Å². The average molecular weight is 406 g/mol. The molecular formula is C21H18N4O5. The fourth-order valence-corrected chi connectivity index (χ4v) is 3.13. The van der Waals surface area contributed by atoms with E-state index in [-0.39, 0.29) is 18.6 Å². The summed E-state index contributed by atoms with van der Waals surface area (Å²) in [5, 5.41) is 19.1. The smallest absolute Gasteiger partial charge is 0.330 e. The van der Waals surface area contributed by atoms with Gasteiger partial charge in [0.1, 0.15) is 23.6 Å². The Bertz CT molecular complexity index is 1230. The molecule has 3 N–H and O–H groups in total. The van der Waals surface area contributed by atoms with Gasteiger partial charge in [-0.2, -0.15) is 0 Å². The molecule has 0 bridgehead atoms. The van der Waals surface area contributed by atoms with Crippen LogP contribution in [-0.4, -0.2) is 48.5 Å². The lowest BCUT2D eigenvalue weighted by Gasteiger charge is -2.14. The Balaban J connectivity index is 1.65. The summed E-state index contributed by atoms with van der Waals surface area (Å²) < 4.78 is 6.64. The van der Waals surface area contributed by atoms with Crippen molar-refractivity contribution >= 4 is 0 Å². The zero-order valence-corrected chi connectivity index (χ0v) is 15.7. The van der Waals surface area contributed by atoms with Crippen molar-refractivity contribution in [1.82, 2.24) is 19.5 Å². The lowest BCUT2D eigenvalue weighted by Crippen LogP contribution is -2.33. The number of aliphatic hydroxyl groups excluding tert-OH is 2. The predicted octanol–water partition coefficient (Wildman–Crippen LogP) is 0.0341. The number of nitrogens with one attached hydrogen (secondary N) is 1. The molecule has 1 unspecified atom stereocenters. The molecule has 1 saturated heterocycles. The molecule has 152 valence electrons. The van der Waals surface area contributed by atoms with Crippen LogP contribution >= 0.6 is 0 Å². The van der Waals surface area contributed by atoms with Gasteiger partial charge in [0.2, 0.25) is 0 Å². The molecule has 1 fully saturated rings. The standard InChI is InChI=1S/C21H18N4O5/c26-12-18-17(27)10-19(30-18)25-11-13(20(28)24-21(25)29)7-8-14-4-3-6-16(23-14)15-5-1-2-9-22-15/h1-6,9,11,17-19,26-27H,10,12H2,(H,24,28,29)/t17?,18-,19-/m1/s1. The van der Waals surface area contributed by atoms with Gasteiger partial charge in [-0.15, -0.1) is 0 Å². The van der Waals surface area contributed by atoms with E-state index in [4.69, 9.17) is 4.74 Å². The first kappa shape index (κ1) is 19.7. The summed E-state index contributed by atoms with van der Waals surface area (Å²) >= 11 is 0. The first-order valence-corrected chi connectivity index (χ1v) is 9.25. The van der Waals surface area contributed by atoms with Crippen LogP contribution in [0.5, 0.6) is 0 Å². The molecule has 30 heavy (non-hydrogen) atoms. The Morgan fingerprint density at radius 2 is 2.00 bits per heavy atom. The molecule has 3 aromatic rings. The van der Waals surface area contributed by atoms with Crippen LogP contribution in [0.4, 0.5) is 0 Å². The van der Waals surface area contributed by atoms with Crippen LogP contribution in [0.3, 0.4) is 0 Å². The third kappa shape index (κ3) is 4.06. The molecule has 9 heteroatoms. The zero-order valence-electron chi connectivity index (χ0n) is 15.7. The van der Waals surface area contributed by atoms with Crippen molar-refractivity contribution in [2.45, 2.75) is 24.9 Å². The number of aromatic nitrogens is 4. The lowest BCUT2D eigenvalue weighted by molar-refractivity contribution is -0.0459. The fraction of sp³-hybridized carbons (Fsp3) is 0.238. The van der Waals surface area contributed by atoms with Crippen molar-refractivity contribution in [2.24, 2.45) is 0 Å². The summed E-state index contributed by atoms with van der Waals surface area (Å²) in [6.07, 6.45) is 0.550. The summed E-state index contributed by atoms with van der Waals surface area (Å²) in [7, 11) is 0. The number of ether oxygens (including phenoxy) is 1. The summed E-state index contributed by atoms with van der Waals surface area (Å²) in [5.41, 5.74) is 0.499. The van der Waals surface area contributed by atoms with E-state index in [1.165, 1.54) is 6.20 Å². The molecule has 3 aromatic heterocycles. The van der Waals surface area contributed by atoms with Crippen LogP contribution in [0.25, 0.3) is 11.4 Å². The Morgan fingerprint density at radius 3 is 2.73 bits per heavy atom. The Kier molecular flexibility index (Phi) is 5.54. The molecule has 0 aromatic carbocycles. The molecular weight excluding hydrogens is 388 g/mol. The highest BCUT2D eigenvalue weighted by Gasteiger charge is 2.35. The van der Waals surface area contributed by atoms with E-state index >= 15 is 0 Å². The molecule has 0 spiro atoms. The van der Waals surface area contributed by atoms with Crippen molar-refractivity contribution in [3.63, 3.8) is 0 Å². The van der Waals surface area contributed by atoms with Gasteiger partial charge in [-0.3, -0.25) is 19.3 Å². The second kappa shape index (κ2) is 8.42. The molecule has 3 atom stereocenters. The Morgan fingerprint density at radius 1 is 1.17 bits per heavy atom. The second-order valence-corrected chi connectivity index (χ2v) is 6.70. The van der Waals surface area contributed by atoms with Gasteiger partial charge in [0.15, 0.2) is 0 Å². The number of rotatable bonds is 3.